The molecule has 2 rings (SSSR count). The highest BCUT2D eigenvalue weighted by Gasteiger charge is 2.42. The average molecular weight is 251 g/mol. The molecule has 0 aromatic carbocycles. The van der Waals surface area contributed by atoms with Gasteiger partial charge in [-0.3, -0.25) is 0 Å². The second-order valence-corrected chi connectivity index (χ2v) is 5.37. The molecule has 0 bridgehead atoms. The van der Waals surface area contributed by atoms with Crippen molar-refractivity contribution in [3.8, 4) is 0 Å². The maximum Gasteiger partial charge on any atom is 0.391 e. The van der Waals surface area contributed by atoms with Gasteiger partial charge in [0.25, 0.3) is 0 Å². The molecule has 5 heteroatoms. The summed E-state index contributed by atoms with van der Waals surface area (Å²) in [6.07, 6.45) is 0.0492. The Morgan fingerprint density at radius 1 is 1.00 bits per heavy atom. The number of rotatable bonds is 2. The van der Waals surface area contributed by atoms with E-state index >= 15 is 0 Å². The molecule has 0 aromatic heterocycles. The molecule has 0 heterocycles. The molecule has 0 aromatic rings. The molecule has 2 nitrogen and oxygen atoms in total. The van der Waals surface area contributed by atoms with Crippen molar-refractivity contribution in [1.29, 1.82) is 0 Å². The third kappa shape index (κ3) is 3.35. The largest absolute Gasteiger partial charge is 0.392 e. The van der Waals surface area contributed by atoms with E-state index in [4.69, 9.17) is 0 Å². The van der Waals surface area contributed by atoms with Gasteiger partial charge in [0.15, 0.2) is 0 Å². The zero-order valence-corrected chi connectivity index (χ0v) is 9.84. The first kappa shape index (κ1) is 13.1. The van der Waals surface area contributed by atoms with Gasteiger partial charge in [0.05, 0.1) is 12.0 Å². The zero-order chi connectivity index (χ0) is 12.5. The maximum atomic E-state index is 12.6. The van der Waals surface area contributed by atoms with Crippen LogP contribution in [-0.2, 0) is 0 Å². The quantitative estimate of drug-likeness (QED) is 0.790. The van der Waals surface area contributed by atoms with E-state index < -0.39 is 12.1 Å². The molecule has 2 N–H and O–H groups in total. The fourth-order valence-electron chi connectivity index (χ4n) is 3.08. The van der Waals surface area contributed by atoms with Crippen LogP contribution in [0.2, 0.25) is 0 Å². The summed E-state index contributed by atoms with van der Waals surface area (Å²) in [6, 6.07) is -0.0693. The van der Waals surface area contributed by atoms with Crippen molar-refractivity contribution >= 4 is 0 Å². The van der Waals surface area contributed by atoms with Gasteiger partial charge in [0.2, 0.25) is 0 Å². The number of aliphatic hydroxyl groups is 1. The molecule has 100 valence electrons. The van der Waals surface area contributed by atoms with Gasteiger partial charge >= 0.3 is 6.18 Å². The van der Waals surface area contributed by atoms with Crippen molar-refractivity contribution in [3.05, 3.63) is 0 Å². The fraction of sp³-hybridized carbons (Fsp3) is 1.00. The third-order valence-electron chi connectivity index (χ3n) is 4.07. The molecular weight excluding hydrogens is 231 g/mol. The van der Waals surface area contributed by atoms with Gasteiger partial charge in [-0.25, -0.2) is 0 Å². The van der Waals surface area contributed by atoms with Crippen LogP contribution in [0.25, 0.3) is 0 Å². The van der Waals surface area contributed by atoms with Gasteiger partial charge in [-0.15, -0.1) is 0 Å². The topological polar surface area (TPSA) is 32.3 Å². The van der Waals surface area contributed by atoms with Crippen molar-refractivity contribution < 1.29 is 18.3 Å². The number of alkyl halides is 3. The summed E-state index contributed by atoms with van der Waals surface area (Å²) in [5, 5.41) is 12.9. The molecule has 0 aliphatic heterocycles. The Kier molecular flexibility index (Phi) is 3.98. The minimum absolute atomic E-state index is 0.00647. The number of nitrogens with one attached hydrogen (secondary N) is 1. The van der Waals surface area contributed by atoms with E-state index in [0.717, 1.165) is 25.7 Å². The number of hydrogen-bond acceptors (Lipinski definition) is 2. The van der Waals surface area contributed by atoms with E-state index in [0.29, 0.717) is 6.42 Å². The van der Waals surface area contributed by atoms with Crippen molar-refractivity contribution in [3.63, 3.8) is 0 Å². The summed E-state index contributed by atoms with van der Waals surface area (Å²) in [5.41, 5.74) is 0. The van der Waals surface area contributed by atoms with Gasteiger partial charge in [-0.2, -0.15) is 13.2 Å². The first-order valence-corrected chi connectivity index (χ1v) is 6.47. The third-order valence-corrected chi connectivity index (χ3v) is 4.07. The summed E-state index contributed by atoms with van der Waals surface area (Å²) < 4.78 is 37.9. The minimum atomic E-state index is -4.06. The molecule has 0 radical (unpaired) electrons. The van der Waals surface area contributed by atoms with Gasteiger partial charge in [-0.05, 0) is 38.5 Å². The van der Waals surface area contributed by atoms with Crippen LogP contribution in [0.1, 0.15) is 44.9 Å². The lowest BCUT2D eigenvalue weighted by Crippen LogP contribution is -2.46. The molecule has 4 atom stereocenters. The second kappa shape index (κ2) is 5.14. The lowest BCUT2D eigenvalue weighted by molar-refractivity contribution is -0.184. The lowest BCUT2D eigenvalue weighted by atomic mass is 9.85. The van der Waals surface area contributed by atoms with Gasteiger partial charge < -0.3 is 10.4 Å². The lowest BCUT2D eigenvalue weighted by Gasteiger charge is -2.33. The predicted octanol–water partition coefficient (Wildman–Crippen LogP) is 2.61. The highest BCUT2D eigenvalue weighted by Crippen LogP contribution is 2.38. The first-order chi connectivity index (χ1) is 7.97. The Balaban J connectivity index is 1.85. The molecule has 2 fully saturated rings. The summed E-state index contributed by atoms with van der Waals surface area (Å²) in [5.74, 6) is -1.16. The first-order valence-electron chi connectivity index (χ1n) is 6.47. The van der Waals surface area contributed by atoms with E-state index in [1.807, 2.05) is 0 Å². The van der Waals surface area contributed by atoms with Crippen LogP contribution < -0.4 is 5.32 Å². The molecule has 0 spiro atoms. The predicted molar refractivity (Wildman–Crippen MR) is 58.6 cm³/mol. The summed E-state index contributed by atoms with van der Waals surface area (Å²) in [6.45, 7) is 0. The molecule has 17 heavy (non-hydrogen) atoms. The van der Waals surface area contributed by atoms with Gasteiger partial charge in [0.1, 0.15) is 0 Å². The van der Waals surface area contributed by atoms with Gasteiger partial charge in [-0.1, -0.05) is 6.42 Å². The molecule has 4 unspecified atom stereocenters. The summed E-state index contributed by atoms with van der Waals surface area (Å²) in [7, 11) is 0. The maximum absolute atomic E-state index is 12.6. The van der Waals surface area contributed by atoms with Crippen LogP contribution >= 0.6 is 0 Å². The SMILES string of the molecule is OC1CCCC1NC1CCCC(C(F)(F)F)C1. The van der Waals surface area contributed by atoms with Crippen molar-refractivity contribution in [1.82, 2.24) is 5.32 Å². The average Bonchev–Trinajstić information content (AvgIpc) is 2.64. The van der Waals surface area contributed by atoms with Crippen LogP contribution in [0.15, 0.2) is 0 Å². The normalized spacial score (nSPS) is 39.5. The van der Waals surface area contributed by atoms with E-state index in [1.54, 1.807) is 0 Å². The monoisotopic (exact) mass is 251 g/mol. The number of hydrogen-bond donors (Lipinski definition) is 2. The minimum Gasteiger partial charge on any atom is -0.392 e. The second-order valence-electron chi connectivity index (χ2n) is 5.37. The van der Waals surface area contributed by atoms with E-state index in [2.05, 4.69) is 5.32 Å². The highest BCUT2D eigenvalue weighted by molar-refractivity contribution is 4.89. The number of halogens is 3. The standard InChI is InChI=1S/C12H20F3NO/c13-12(14,15)8-3-1-4-9(7-8)16-10-5-2-6-11(10)17/h8-11,16-17H,1-7H2. The molecule has 2 aliphatic carbocycles. The van der Waals surface area contributed by atoms with Crippen LogP contribution in [0.4, 0.5) is 13.2 Å². The molecule has 2 saturated carbocycles. The molecular formula is C12H20F3NO. The number of aliphatic hydroxyl groups excluding tert-OH is 1. The Morgan fingerprint density at radius 3 is 2.29 bits per heavy atom. The molecule has 0 amide bonds. The van der Waals surface area contributed by atoms with E-state index in [9.17, 15) is 18.3 Å². The van der Waals surface area contributed by atoms with E-state index in [1.165, 1.54) is 0 Å². The van der Waals surface area contributed by atoms with Crippen molar-refractivity contribution in [2.45, 2.75) is 69.3 Å². The van der Waals surface area contributed by atoms with Crippen molar-refractivity contribution in [2.75, 3.05) is 0 Å². The Bertz CT molecular complexity index is 255. The highest BCUT2D eigenvalue weighted by atomic mass is 19.4. The zero-order valence-electron chi connectivity index (χ0n) is 9.84. The van der Waals surface area contributed by atoms with Gasteiger partial charge in [0, 0.05) is 12.1 Å². The summed E-state index contributed by atoms with van der Waals surface area (Å²) in [4.78, 5) is 0. The smallest absolute Gasteiger partial charge is 0.391 e. The van der Waals surface area contributed by atoms with Crippen LogP contribution in [-0.4, -0.2) is 29.5 Å². The Labute approximate surface area is 99.6 Å². The fourth-order valence-corrected chi connectivity index (χ4v) is 3.08. The van der Waals surface area contributed by atoms with E-state index in [-0.39, 0.29) is 31.0 Å². The van der Waals surface area contributed by atoms with Crippen molar-refractivity contribution in [2.24, 2.45) is 5.92 Å². The van der Waals surface area contributed by atoms with Crippen LogP contribution in [0.3, 0.4) is 0 Å². The molecule has 2 aliphatic rings. The van der Waals surface area contributed by atoms with Crippen LogP contribution in [0.5, 0.6) is 0 Å². The molecule has 0 saturated heterocycles. The van der Waals surface area contributed by atoms with Crippen LogP contribution in [0, 0.1) is 5.92 Å². The Morgan fingerprint density at radius 2 is 1.71 bits per heavy atom. The summed E-state index contributed by atoms with van der Waals surface area (Å²) >= 11 is 0. The Hall–Kier alpha value is -0.290.